The molecule has 0 spiro atoms. The number of phenols is 1. The zero-order valence-corrected chi connectivity index (χ0v) is 13.6. The fraction of sp³-hybridized carbons (Fsp3) is 0.250. The Balaban J connectivity index is 2.39. The molecule has 0 aliphatic rings. The number of hydrogen-bond acceptors (Lipinski definition) is 1. The van der Waals surface area contributed by atoms with Crippen molar-refractivity contribution in [2.75, 3.05) is 6.66 Å². The van der Waals surface area contributed by atoms with Crippen LogP contribution in [0.25, 0.3) is 0 Å². The Labute approximate surface area is 119 Å². The van der Waals surface area contributed by atoms with Crippen molar-refractivity contribution in [2.45, 2.75) is 20.0 Å². The monoisotopic (exact) mass is 290 g/mol. The number of phenolic OH excluding ortho intramolecular Hbond substituents is 1. The second-order valence-corrected chi connectivity index (χ2v) is 7.13. The molecule has 0 aliphatic heterocycles. The lowest BCUT2D eigenvalue weighted by atomic mass is 10.1. The van der Waals surface area contributed by atoms with Crippen molar-refractivity contribution in [3.8, 4) is 5.75 Å². The summed E-state index contributed by atoms with van der Waals surface area (Å²) in [5.74, 6) is 0.414. The largest absolute Gasteiger partial charge is 0.507 e. The molecule has 2 aromatic carbocycles. The highest BCUT2D eigenvalue weighted by atomic mass is 31.1. The Morgan fingerprint density at radius 3 is 2.63 bits per heavy atom. The summed E-state index contributed by atoms with van der Waals surface area (Å²) in [5, 5.41) is 12.5. The molecule has 19 heavy (non-hydrogen) atoms. The molecule has 0 radical (unpaired) electrons. The van der Waals surface area contributed by atoms with Crippen LogP contribution in [0.5, 0.6) is 5.75 Å². The van der Waals surface area contributed by atoms with E-state index in [4.69, 9.17) is 0 Å². The van der Waals surface area contributed by atoms with Crippen LogP contribution in [0.1, 0.15) is 16.7 Å². The van der Waals surface area contributed by atoms with Gasteiger partial charge in [0.2, 0.25) is 0 Å². The van der Waals surface area contributed by atoms with Crippen LogP contribution in [-0.2, 0) is 6.16 Å². The Morgan fingerprint density at radius 1 is 1.11 bits per heavy atom. The highest BCUT2D eigenvalue weighted by Gasteiger charge is 2.09. The average molecular weight is 290 g/mol. The smallest absolute Gasteiger partial charge is 0.123 e. The summed E-state index contributed by atoms with van der Waals surface area (Å²) in [4.78, 5) is 0. The fourth-order valence-corrected chi connectivity index (χ4v) is 4.38. The van der Waals surface area contributed by atoms with Crippen LogP contribution in [0.4, 0.5) is 0 Å². The van der Waals surface area contributed by atoms with E-state index in [0.29, 0.717) is 14.3 Å². The number of rotatable bonds is 4. The molecule has 0 aromatic heterocycles. The van der Waals surface area contributed by atoms with Crippen molar-refractivity contribution in [1.29, 1.82) is 0 Å². The van der Waals surface area contributed by atoms with Crippen molar-refractivity contribution in [3.05, 3.63) is 53.1 Å². The summed E-state index contributed by atoms with van der Waals surface area (Å²) in [6, 6.07) is 12.4. The Bertz CT molecular complexity index is 579. The molecule has 0 fully saturated rings. The van der Waals surface area contributed by atoms with Crippen molar-refractivity contribution >= 4 is 27.8 Å². The van der Waals surface area contributed by atoms with Gasteiger partial charge < -0.3 is 5.11 Å². The summed E-state index contributed by atoms with van der Waals surface area (Å²) in [5.41, 5.74) is 3.96. The van der Waals surface area contributed by atoms with Gasteiger partial charge in [-0.1, -0.05) is 38.4 Å². The molecule has 2 unspecified atom stereocenters. The van der Waals surface area contributed by atoms with E-state index >= 15 is 0 Å². The van der Waals surface area contributed by atoms with Gasteiger partial charge in [-0.05, 0) is 55.2 Å². The molecule has 0 heterocycles. The van der Waals surface area contributed by atoms with E-state index in [9.17, 15) is 5.11 Å². The van der Waals surface area contributed by atoms with Gasteiger partial charge in [-0.25, -0.2) is 0 Å². The maximum Gasteiger partial charge on any atom is 0.123 e. The summed E-state index contributed by atoms with van der Waals surface area (Å²) in [6.07, 6.45) is 1.14. The lowest BCUT2D eigenvalue weighted by Crippen LogP contribution is -2.12. The molecule has 2 atom stereocenters. The lowest BCUT2D eigenvalue weighted by Gasteiger charge is -2.13. The van der Waals surface area contributed by atoms with Gasteiger partial charge in [0, 0.05) is 5.30 Å². The van der Waals surface area contributed by atoms with Crippen molar-refractivity contribution in [1.82, 2.24) is 0 Å². The topological polar surface area (TPSA) is 20.2 Å². The van der Waals surface area contributed by atoms with Gasteiger partial charge in [-0.15, -0.1) is 8.58 Å². The van der Waals surface area contributed by atoms with Crippen molar-refractivity contribution in [3.63, 3.8) is 0 Å². The van der Waals surface area contributed by atoms with Gasteiger partial charge in [-0.3, -0.25) is 0 Å². The van der Waals surface area contributed by atoms with Gasteiger partial charge in [0.05, 0.1) is 0 Å². The van der Waals surface area contributed by atoms with Crippen LogP contribution in [0.2, 0.25) is 0 Å². The van der Waals surface area contributed by atoms with E-state index < -0.39 is 0 Å². The fourth-order valence-electron chi connectivity index (χ4n) is 2.13. The first-order valence-electron chi connectivity index (χ1n) is 6.41. The van der Waals surface area contributed by atoms with E-state index in [1.54, 1.807) is 6.07 Å². The van der Waals surface area contributed by atoms with Gasteiger partial charge in [0.15, 0.2) is 0 Å². The maximum absolute atomic E-state index is 10.0. The minimum absolute atomic E-state index is 0.414. The molecule has 2 rings (SSSR count). The molecular formula is C16H20OP2. The van der Waals surface area contributed by atoms with E-state index in [1.165, 1.54) is 22.0 Å². The van der Waals surface area contributed by atoms with Gasteiger partial charge in [0.25, 0.3) is 0 Å². The number of benzene rings is 2. The van der Waals surface area contributed by atoms with E-state index in [2.05, 4.69) is 44.8 Å². The molecule has 0 aliphatic carbocycles. The van der Waals surface area contributed by atoms with Gasteiger partial charge in [0.1, 0.15) is 5.75 Å². The zero-order chi connectivity index (χ0) is 13.8. The first-order valence-corrected chi connectivity index (χ1v) is 9.12. The van der Waals surface area contributed by atoms with Crippen LogP contribution in [0.15, 0.2) is 36.4 Å². The SMILES string of the molecule is CPCc1cccc(C)c1Pc1cc(C)ccc1O. The molecule has 0 bridgehead atoms. The van der Waals surface area contributed by atoms with Crippen LogP contribution in [-0.4, -0.2) is 11.8 Å². The minimum atomic E-state index is 0.414. The highest BCUT2D eigenvalue weighted by molar-refractivity contribution is 7.56. The molecule has 100 valence electrons. The predicted molar refractivity (Wildman–Crippen MR) is 89.5 cm³/mol. The molecule has 0 saturated heterocycles. The van der Waals surface area contributed by atoms with Crippen molar-refractivity contribution in [2.24, 2.45) is 0 Å². The molecular weight excluding hydrogens is 270 g/mol. The van der Waals surface area contributed by atoms with Crippen LogP contribution in [0.3, 0.4) is 0 Å². The Kier molecular flexibility index (Phi) is 4.97. The molecule has 3 heteroatoms. The van der Waals surface area contributed by atoms with E-state index in [1.807, 2.05) is 6.07 Å². The predicted octanol–water partition coefficient (Wildman–Crippen LogP) is 3.45. The maximum atomic E-state index is 10.0. The second kappa shape index (κ2) is 6.51. The van der Waals surface area contributed by atoms with Crippen LogP contribution >= 0.6 is 17.2 Å². The third-order valence-electron chi connectivity index (χ3n) is 3.14. The number of hydrogen-bond donors (Lipinski definition) is 1. The van der Waals surface area contributed by atoms with Gasteiger partial charge >= 0.3 is 0 Å². The molecule has 0 saturated carbocycles. The molecule has 2 aromatic rings. The van der Waals surface area contributed by atoms with E-state index in [-0.39, 0.29) is 0 Å². The minimum Gasteiger partial charge on any atom is -0.507 e. The Hall–Kier alpha value is -0.900. The van der Waals surface area contributed by atoms with Crippen molar-refractivity contribution < 1.29 is 5.11 Å². The molecule has 1 N–H and O–H groups in total. The normalized spacial score (nSPS) is 11.9. The summed E-state index contributed by atoms with van der Waals surface area (Å²) in [7, 11) is 1.46. The summed E-state index contributed by atoms with van der Waals surface area (Å²) < 4.78 is 0. The Morgan fingerprint density at radius 2 is 1.89 bits per heavy atom. The van der Waals surface area contributed by atoms with E-state index in [0.717, 1.165) is 20.0 Å². The second-order valence-electron chi connectivity index (χ2n) is 4.78. The highest BCUT2D eigenvalue weighted by Crippen LogP contribution is 2.25. The standard InChI is InChI=1S/C16H20OP2/c1-11-7-8-14(17)15(9-11)19-16-12(2)5-4-6-13(16)10-18-3/h4-9,17-19H,10H2,1-3H3. The van der Waals surface area contributed by atoms with Gasteiger partial charge in [-0.2, -0.15) is 0 Å². The summed E-state index contributed by atoms with van der Waals surface area (Å²) >= 11 is 0. The van der Waals surface area contributed by atoms with Crippen LogP contribution in [0, 0.1) is 13.8 Å². The third kappa shape index (κ3) is 3.56. The quantitative estimate of drug-likeness (QED) is 0.855. The molecule has 0 amide bonds. The summed E-state index contributed by atoms with van der Waals surface area (Å²) in [6.45, 7) is 6.47. The first kappa shape index (κ1) is 14.5. The molecule has 1 nitrogen and oxygen atoms in total. The number of aromatic hydroxyl groups is 1. The average Bonchev–Trinajstić information content (AvgIpc) is 2.38. The first-order chi connectivity index (χ1) is 9.11. The zero-order valence-electron chi connectivity index (χ0n) is 11.6. The third-order valence-corrected chi connectivity index (χ3v) is 5.51. The number of aryl methyl sites for hydroxylation is 2. The van der Waals surface area contributed by atoms with Crippen LogP contribution < -0.4 is 10.6 Å². The lowest BCUT2D eigenvalue weighted by molar-refractivity contribution is 0.479.